The minimum absolute atomic E-state index is 0.759. The van der Waals surface area contributed by atoms with Crippen molar-refractivity contribution in [3.63, 3.8) is 0 Å². The van der Waals surface area contributed by atoms with E-state index in [2.05, 4.69) is 55.3 Å². The van der Waals surface area contributed by atoms with Crippen LogP contribution in [0, 0.1) is 12.8 Å². The van der Waals surface area contributed by atoms with Gasteiger partial charge in [0.15, 0.2) is 0 Å². The van der Waals surface area contributed by atoms with Crippen molar-refractivity contribution in [3.05, 3.63) is 35.4 Å². The Morgan fingerprint density at radius 1 is 1.24 bits per heavy atom. The maximum absolute atomic E-state index is 3.49. The number of hydrogen-bond acceptors (Lipinski definition) is 2. The summed E-state index contributed by atoms with van der Waals surface area (Å²) in [4.78, 5) is 2.75. The average Bonchev–Trinajstić information content (AvgIpc) is 2.53. The molecule has 1 fully saturated rings. The van der Waals surface area contributed by atoms with E-state index in [1.807, 2.05) is 0 Å². The Bertz CT molecular complexity index is 410. The molecular weight excluding hydrogens is 256 g/mol. The van der Waals surface area contributed by atoms with Crippen LogP contribution in [0.2, 0.25) is 0 Å². The van der Waals surface area contributed by atoms with Gasteiger partial charge in [-0.15, -0.1) is 0 Å². The number of nitrogens with one attached hydrogen (secondary N) is 1. The number of piperidine rings is 1. The van der Waals surface area contributed by atoms with E-state index in [-0.39, 0.29) is 0 Å². The zero-order valence-electron chi connectivity index (χ0n) is 14.1. The molecule has 0 aromatic heterocycles. The highest BCUT2D eigenvalue weighted by atomic mass is 15.2. The van der Waals surface area contributed by atoms with Crippen molar-refractivity contribution < 1.29 is 0 Å². The second kappa shape index (κ2) is 8.55. The summed E-state index contributed by atoms with van der Waals surface area (Å²) in [5.41, 5.74) is 2.93. The van der Waals surface area contributed by atoms with Gasteiger partial charge in [0.2, 0.25) is 0 Å². The molecule has 0 saturated carbocycles. The van der Waals surface area contributed by atoms with Gasteiger partial charge in [0.1, 0.15) is 0 Å². The highest BCUT2D eigenvalue weighted by Gasteiger charge is 2.21. The van der Waals surface area contributed by atoms with Gasteiger partial charge in [-0.3, -0.25) is 4.90 Å². The van der Waals surface area contributed by atoms with Crippen molar-refractivity contribution in [2.24, 2.45) is 5.92 Å². The second-order valence-electron chi connectivity index (χ2n) is 6.68. The summed E-state index contributed by atoms with van der Waals surface area (Å²) in [6.07, 6.45) is 5.22. The van der Waals surface area contributed by atoms with Crippen molar-refractivity contribution >= 4 is 0 Å². The lowest BCUT2D eigenvalue weighted by molar-refractivity contribution is 0.144. The fourth-order valence-electron chi connectivity index (χ4n) is 3.16. The molecule has 1 unspecified atom stereocenters. The molecule has 0 amide bonds. The van der Waals surface area contributed by atoms with Gasteiger partial charge < -0.3 is 5.32 Å². The number of aryl methyl sites for hydroxylation is 1. The Hall–Kier alpha value is -0.860. The molecule has 0 spiro atoms. The van der Waals surface area contributed by atoms with Crippen LogP contribution in [0.15, 0.2) is 24.3 Å². The van der Waals surface area contributed by atoms with E-state index in [0.29, 0.717) is 0 Å². The zero-order chi connectivity index (χ0) is 15.1. The van der Waals surface area contributed by atoms with Crippen molar-refractivity contribution in [3.8, 4) is 0 Å². The molecule has 0 bridgehead atoms. The third kappa shape index (κ3) is 5.12. The number of nitrogens with zero attached hydrogens (tertiary/aromatic N) is 1. The van der Waals surface area contributed by atoms with Crippen LogP contribution in [-0.4, -0.2) is 30.6 Å². The lowest BCUT2D eigenvalue weighted by atomic mass is 9.99. The molecule has 118 valence electrons. The summed E-state index contributed by atoms with van der Waals surface area (Å²) in [6, 6.07) is 9.62. The lowest BCUT2D eigenvalue weighted by Crippen LogP contribution is -2.43. The highest BCUT2D eigenvalue weighted by Crippen LogP contribution is 2.19. The van der Waals surface area contributed by atoms with Crippen LogP contribution in [0.3, 0.4) is 0 Å². The van der Waals surface area contributed by atoms with Crippen LogP contribution >= 0.6 is 0 Å². The summed E-state index contributed by atoms with van der Waals surface area (Å²) < 4.78 is 0. The smallest absolute Gasteiger partial charge is 0.0239 e. The number of rotatable bonds is 7. The first kappa shape index (κ1) is 16.5. The summed E-state index contributed by atoms with van der Waals surface area (Å²) in [6.45, 7) is 11.7. The second-order valence-corrected chi connectivity index (χ2v) is 6.68. The monoisotopic (exact) mass is 288 g/mol. The summed E-state index contributed by atoms with van der Waals surface area (Å²) in [5, 5.41) is 3.49. The highest BCUT2D eigenvalue weighted by molar-refractivity contribution is 5.25. The number of hydrogen-bond donors (Lipinski definition) is 1. The molecule has 2 heteroatoms. The average molecular weight is 288 g/mol. The summed E-state index contributed by atoms with van der Waals surface area (Å²) in [5.74, 6) is 0.839. The van der Waals surface area contributed by atoms with Crippen molar-refractivity contribution in [1.29, 1.82) is 0 Å². The molecule has 1 aromatic rings. The third-order valence-corrected chi connectivity index (χ3v) is 5.07. The molecule has 1 heterocycles. The number of benzene rings is 1. The maximum atomic E-state index is 3.49. The molecule has 2 rings (SSSR count). The van der Waals surface area contributed by atoms with E-state index in [4.69, 9.17) is 0 Å². The molecule has 0 radical (unpaired) electrons. The van der Waals surface area contributed by atoms with Gasteiger partial charge in [0.25, 0.3) is 0 Å². The van der Waals surface area contributed by atoms with E-state index in [1.165, 1.54) is 56.4 Å². The predicted molar refractivity (Wildman–Crippen MR) is 91.6 cm³/mol. The molecule has 1 aliphatic heterocycles. The van der Waals surface area contributed by atoms with Crippen LogP contribution in [0.5, 0.6) is 0 Å². The Kier molecular flexibility index (Phi) is 6.72. The molecule has 1 aromatic carbocycles. The van der Waals surface area contributed by atoms with Crippen molar-refractivity contribution in [2.75, 3.05) is 19.6 Å². The van der Waals surface area contributed by atoms with Crippen molar-refractivity contribution in [2.45, 2.75) is 59.0 Å². The topological polar surface area (TPSA) is 15.3 Å². The minimum atomic E-state index is 0.759. The molecule has 2 nitrogen and oxygen atoms in total. The van der Waals surface area contributed by atoms with Crippen LogP contribution in [-0.2, 0) is 6.54 Å². The fraction of sp³-hybridized carbons (Fsp3) is 0.684. The summed E-state index contributed by atoms with van der Waals surface area (Å²) in [7, 11) is 0. The first-order valence-electron chi connectivity index (χ1n) is 8.70. The summed E-state index contributed by atoms with van der Waals surface area (Å²) >= 11 is 0. The third-order valence-electron chi connectivity index (χ3n) is 5.07. The first-order valence-corrected chi connectivity index (χ1v) is 8.70. The van der Waals surface area contributed by atoms with Crippen LogP contribution in [0.1, 0.15) is 50.7 Å². The zero-order valence-corrected chi connectivity index (χ0v) is 14.1. The maximum Gasteiger partial charge on any atom is 0.0239 e. The molecule has 1 atom stereocenters. The lowest BCUT2D eigenvalue weighted by Gasteiger charge is -2.35. The normalized spacial score (nSPS) is 18.1. The van der Waals surface area contributed by atoms with E-state index in [9.17, 15) is 0 Å². The molecule has 1 saturated heterocycles. The predicted octanol–water partition coefficient (Wildman–Crippen LogP) is 3.99. The molecule has 21 heavy (non-hydrogen) atoms. The van der Waals surface area contributed by atoms with Gasteiger partial charge in [0.05, 0.1) is 0 Å². The van der Waals surface area contributed by atoms with Gasteiger partial charge in [-0.2, -0.15) is 0 Å². The standard InChI is InChI=1S/C19H32N2/c1-4-16(2)11-14-21(19-9-12-20-13-10-19)15-18-8-6-5-7-17(18)3/h5-8,16,19-20H,4,9-15H2,1-3H3. The Labute approximate surface area is 130 Å². The quantitative estimate of drug-likeness (QED) is 0.816. The minimum Gasteiger partial charge on any atom is -0.317 e. The largest absolute Gasteiger partial charge is 0.317 e. The van der Waals surface area contributed by atoms with Crippen molar-refractivity contribution in [1.82, 2.24) is 10.2 Å². The van der Waals surface area contributed by atoms with Crippen LogP contribution < -0.4 is 5.32 Å². The van der Waals surface area contributed by atoms with E-state index in [1.54, 1.807) is 0 Å². The molecule has 0 aliphatic carbocycles. The SMILES string of the molecule is CCC(C)CCN(Cc1ccccc1C)C1CCNCC1. The van der Waals surface area contributed by atoms with Gasteiger partial charge >= 0.3 is 0 Å². The Morgan fingerprint density at radius 2 is 1.95 bits per heavy atom. The Morgan fingerprint density at radius 3 is 2.62 bits per heavy atom. The Balaban J connectivity index is 2.01. The van der Waals surface area contributed by atoms with Gasteiger partial charge in [-0.1, -0.05) is 44.5 Å². The fourth-order valence-corrected chi connectivity index (χ4v) is 3.16. The molecular formula is C19H32N2. The van der Waals surface area contributed by atoms with E-state index < -0.39 is 0 Å². The van der Waals surface area contributed by atoms with E-state index in [0.717, 1.165) is 18.5 Å². The van der Waals surface area contributed by atoms with Gasteiger partial charge in [-0.05, 0) is 62.9 Å². The van der Waals surface area contributed by atoms with Crippen LogP contribution in [0.4, 0.5) is 0 Å². The van der Waals surface area contributed by atoms with Gasteiger partial charge in [0, 0.05) is 12.6 Å². The first-order chi connectivity index (χ1) is 10.2. The van der Waals surface area contributed by atoms with Crippen LogP contribution in [0.25, 0.3) is 0 Å². The van der Waals surface area contributed by atoms with E-state index >= 15 is 0 Å². The van der Waals surface area contributed by atoms with Gasteiger partial charge in [-0.25, -0.2) is 0 Å². The molecule has 1 N–H and O–H groups in total. The molecule has 1 aliphatic rings.